The van der Waals surface area contributed by atoms with E-state index in [4.69, 9.17) is 0 Å². The third-order valence-electron chi connectivity index (χ3n) is 2.05. The fraction of sp³-hybridized carbons (Fsp3) is 0.455. The molecule has 1 aromatic rings. The molecule has 14 heavy (non-hydrogen) atoms. The maximum absolute atomic E-state index is 12.9. The molecular weight excluding hydrogens is 245 g/mol. The number of halogens is 2. The predicted octanol–water partition coefficient (Wildman–Crippen LogP) is 4.19. The molecule has 1 nitrogen and oxygen atoms in total. The first kappa shape index (κ1) is 11.5. The third kappa shape index (κ3) is 3.29. The maximum Gasteiger partial charge on any atom is 0.137 e. The fourth-order valence-electron chi connectivity index (χ4n) is 1.38. The molecule has 0 saturated heterocycles. The van der Waals surface area contributed by atoms with Gasteiger partial charge in [-0.3, -0.25) is 0 Å². The van der Waals surface area contributed by atoms with E-state index in [0.29, 0.717) is 10.5 Å². The average molecular weight is 260 g/mol. The van der Waals surface area contributed by atoms with Crippen LogP contribution in [0.15, 0.2) is 22.7 Å². The highest BCUT2D eigenvalue weighted by Crippen LogP contribution is 2.20. The topological polar surface area (TPSA) is 12.0 Å². The summed E-state index contributed by atoms with van der Waals surface area (Å²) in [7, 11) is 0. The van der Waals surface area contributed by atoms with Gasteiger partial charge in [-0.2, -0.15) is 0 Å². The molecule has 0 spiro atoms. The molecule has 1 unspecified atom stereocenters. The Morgan fingerprint density at radius 2 is 2.21 bits per heavy atom. The van der Waals surface area contributed by atoms with Crippen molar-refractivity contribution in [1.82, 2.24) is 0 Å². The second kappa shape index (κ2) is 5.35. The van der Waals surface area contributed by atoms with Crippen LogP contribution in [0.2, 0.25) is 0 Å². The molecular formula is C11H15BrFN. The minimum absolute atomic E-state index is 0.223. The van der Waals surface area contributed by atoms with Gasteiger partial charge in [0.05, 0.1) is 4.47 Å². The van der Waals surface area contributed by atoms with E-state index in [1.807, 2.05) is 0 Å². The molecule has 1 aromatic carbocycles. The van der Waals surface area contributed by atoms with E-state index in [1.54, 1.807) is 12.1 Å². The highest BCUT2D eigenvalue weighted by Gasteiger charge is 2.03. The Bertz CT molecular complexity index is 301. The monoisotopic (exact) mass is 259 g/mol. The van der Waals surface area contributed by atoms with Crippen molar-refractivity contribution in [3.05, 3.63) is 28.5 Å². The second-order valence-electron chi connectivity index (χ2n) is 3.46. The molecule has 1 atom stereocenters. The Morgan fingerprint density at radius 3 is 2.79 bits per heavy atom. The van der Waals surface area contributed by atoms with Gasteiger partial charge in [0.25, 0.3) is 0 Å². The Labute approximate surface area is 92.8 Å². The van der Waals surface area contributed by atoms with Crippen LogP contribution in [0.25, 0.3) is 0 Å². The molecule has 0 saturated carbocycles. The Morgan fingerprint density at radius 1 is 1.50 bits per heavy atom. The summed E-state index contributed by atoms with van der Waals surface area (Å²) >= 11 is 3.16. The zero-order valence-corrected chi connectivity index (χ0v) is 10.1. The van der Waals surface area contributed by atoms with Crippen LogP contribution >= 0.6 is 15.9 Å². The molecule has 0 fully saturated rings. The SMILES string of the molecule is CCCC(C)Nc1ccc(F)c(Br)c1. The average Bonchev–Trinajstić information content (AvgIpc) is 2.12. The number of benzene rings is 1. The van der Waals surface area contributed by atoms with E-state index in [9.17, 15) is 4.39 Å². The maximum atomic E-state index is 12.9. The minimum Gasteiger partial charge on any atom is -0.383 e. The molecule has 0 aromatic heterocycles. The lowest BCUT2D eigenvalue weighted by Gasteiger charge is -2.14. The second-order valence-corrected chi connectivity index (χ2v) is 4.32. The van der Waals surface area contributed by atoms with Gasteiger partial charge in [0.1, 0.15) is 5.82 Å². The van der Waals surface area contributed by atoms with Crippen LogP contribution in [-0.2, 0) is 0 Å². The van der Waals surface area contributed by atoms with Gasteiger partial charge >= 0.3 is 0 Å². The van der Waals surface area contributed by atoms with E-state index in [2.05, 4.69) is 35.1 Å². The Kier molecular flexibility index (Phi) is 4.39. The third-order valence-corrected chi connectivity index (χ3v) is 2.66. The van der Waals surface area contributed by atoms with Crippen molar-refractivity contribution >= 4 is 21.6 Å². The fourth-order valence-corrected chi connectivity index (χ4v) is 1.75. The van der Waals surface area contributed by atoms with Crippen molar-refractivity contribution in [2.75, 3.05) is 5.32 Å². The summed E-state index contributed by atoms with van der Waals surface area (Å²) in [4.78, 5) is 0. The van der Waals surface area contributed by atoms with Crippen LogP contribution < -0.4 is 5.32 Å². The molecule has 0 radical (unpaired) electrons. The summed E-state index contributed by atoms with van der Waals surface area (Å²) in [6, 6.07) is 5.41. The van der Waals surface area contributed by atoms with Crippen LogP contribution in [0.5, 0.6) is 0 Å². The van der Waals surface area contributed by atoms with Crippen molar-refractivity contribution in [3.8, 4) is 0 Å². The normalized spacial score (nSPS) is 12.6. The number of rotatable bonds is 4. The standard InChI is InChI=1S/C11H15BrFN/c1-3-4-8(2)14-9-5-6-11(13)10(12)7-9/h5-8,14H,3-4H2,1-2H3. The molecule has 0 aliphatic heterocycles. The van der Waals surface area contributed by atoms with Gasteiger partial charge in [0.2, 0.25) is 0 Å². The molecule has 1 rings (SSSR count). The Balaban J connectivity index is 2.63. The van der Waals surface area contributed by atoms with Gasteiger partial charge in [-0.05, 0) is 47.5 Å². The first-order valence-electron chi connectivity index (χ1n) is 4.85. The summed E-state index contributed by atoms with van der Waals surface area (Å²) in [5, 5.41) is 3.31. The highest BCUT2D eigenvalue weighted by atomic mass is 79.9. The zero-order chi connectivity index (χ0) is 10.6. The molecule has 1 N–H and O–H groups in total. The lowest BCUT2D eigenvalue weighted by molar-refractivity contribution is 0.620. The van der Waals surface area contributed by atoms with Crippen LogP contribution in [0.1, 0.15) is 26.7 Å². The van der Waals surface area contributed by atoms with E-state index >= 15 is 0 Å². The quantitative estimate of drug-likeness (QED) is 0.855. The summed E-state index contributed by atoms with van der Waals surface area (Å²) in [5.41, 5.74) is 0.958. The number of nitrogens with one attached hydrogen (secondary N) is 1. The highest BCUT2D eigenvalue weighted by molar-refractivity contribution is 9.10. The Hall–Kier alpha value is -0.570. The summed E-state index contributed by atoms with van der Waals surface area (Å²) < 4.78 is 13.4. The van der Waals surface area contributed by atoms with Crippen molar-refractivity contribution in [2.45, 2.75) is 32.7 Å². The minimum atomic E-state index is -0.223. The van der Waals surface area contributed by atoms with Crippen molar-refractivity contribution in [2.24, 2.45) is 0 Å². The number of hydrogen-bond acceptors (Lipinski definition) is 1. The van der Waals surface area contributed by atoms with Gasteiger partial charge in [0, 0.05) is 11.7 Å². The van der Waals surface area contributed by atoms with E-state index in [-0.39, 0.29) is 5.82 Å². The largest absolute Gasteiger partial charge is 0.383 e. The molecule has 0 aliphatic rings. The first-order valence-corrected chi connectivity index (χ1v) is 5.64. The van der Waals surface area contributed by atoms with Crippen molar-refractivity contribution in [1.29, 1.82) is 0 Å². The summed E-state index contributed by atoms with van der Waals surface area (Å²) in [6.07, 6.45) is 2.27. The van der Waals surface area contributed by atoms with E-state index in [0.717, 1.165) is 18.5 Å². The van der Waals surface area contributed by atoms with Crippen LogP contribution in [0.4, 0.5) is 10.1 Å². The van der Waals surface area contributed by atoms with E-state index in [1.165, 1.54) is 6.07 Å². The molecule has 0 aliphatic carbocycles. The molecule has 3 heteroatoms. The van der Waals surface area contributed by atoms with Crippen molar-refractivity contribution in [3.63, 3.8) is 0 Å². The molecule has 0 bridgehead atoms. The zero-order valence-electron chi connectivity index (χ0n) is 8.48. The van der Waals surface area contributed by atoms with Crippen LogP contribution in [0.3, 0.4) is 0 Å². The molecule has 0 amide bonds. The van der Waals surface area contributed by atoms with Gasteiger partial charge in [-0.15, -0.1) is 0 Å². The lowest BCUT2D eigenvalue weighted by atomic mass is 10.2. The van der Waals surface area contributed by atoms with Crippen LogP contribution in [-0.4, -0.2) is 6.04 Å². The molecule has 0 heterocycles. The first-order chi connectivity index (χ1) is 6.63. The van der Waals surface area contributed by atoms with Gasteiger partial charge in [-0.1, -0.05) is 13.3 Å². The smallest absolute Gasteiger partial charge is 0.137 e. The van der Waals surface area contributed by atoms with Gasteiger partial charge in [-0.25, -0.2) is 4.39 Å². The number of hydrogen-bond donors (Lipinski definition) is 1. The summed E-state index contributed by atoms with van der Waals surface area (Å²) in [6.45, 7) is 4.28. The number of anilines is 1. The molecule has 78 valence electrons. The van der Waals surface area contributed by atoms with Gasteiger partial charge < -0.3 is 5.32 Å². The lowest BCUT2D eigenvalue weighted by Crippen LogP contribution is -2.14. The van der Waals surface area contributed by atoms with Crippen molar-refractivity contribution < 1.29 is 4.39 Å². The summed E-state index contributed by atoms with van der Waals surface area (Å²) in [5.74, 6) is -0.223. The van der Waals surface area contributed by atoms with Crippen LogP contribution in [0, 0.1) is 5.82 Å². The van der Waals surface area contributed by atoms with E-state index < -0.39 is 0 Å². The predicted molar refractivity (Wildman–Crippen MR) is 62.1 cm³/mol. The van der Waals surface area contributed by atoms with Gasteiger partial charge in [0.15, 0.2) is 0 Å².